The molecular formula is C29H23N3O4S. The van der Waals surface area contributed by atoms with Gasteiger partial charge in [0.2, 0.25) is 10.9 Å². The summed E-state index contributed by atoms with van der Waals surface area (Å²) in [6.45, 7) is 6.12. The number of rotatable bonds is 5. The summed E-state index contributed by atoms with van der Waals surface area (Å²) in [4.78, 5) is 29.1. The van der Waals surface area contributed by atoms with E-state index in [2.05, 4.69) is 10.2 Å². The monoisotopic (exact) mass is 509 g/mol. The summed E-state index contributed by atoms with van der Waals surface area (Å²) >= 11 is 1.29. The molecule has 0 saturated heterocycles. The van der Waals surface area contributed by atoms with Crippen molar-refractivity contribution in [2.45, 2.75) is 33.4 Å². The smallest absolute Gasteiger partial charge is 0.297 e. The van der Waals surface area contributed by atoms with Gasteiger partial charge in [0, 0.05) is 0 Å². The molecule has 3 heterocycles. The van der Waals surface area contributed by atoms with Crippen molar-refractivity contribution in [2.24, 2.45) is 0 Å². The first-order valence-electron chi connectivity index (χ1n) is 11.9. The van der Waals surface area contributed by atoms with Gasteiger partial charge in [0.15, 0.2) is 5.43 Å². The molecule has 0 aliphatic carbocycles. The van der Waals surface area contributed by atoms with Crippen LogP contribution in [0.1, 0.15) is 49.4 Å². The first kappa shape index (κ1) is 23.1. The molecule has 0 bridgehead atoms. The molecule has 184 valence electrons. The minimum Gasteiger partial charge on any atom is -0.489 e. The molecule has 0 spiro atoms. The average molecular weight is 510 g/mol. The molecule has 6 rings (SSSR count). The molecule has 0 fully saturated rings. The number of benzene rings is 3. The van der Waals surface area contributed by atoms with Crippen molar-refractivity contribution < 1.29 is 13.9 Å². The highest BCUT2D eigenvalue weighted by Crippen LogP contribution is 2.42. The summed E-state index contributed by atoms with van der Waals surface area (Å²) in [5.41, 5.74) is 4.20. The number of hydrogen-bond acceptors (Lipinski definition) is 7. The molecule has 1 atom stereocenters. The molecule has 7 nitrogen and oxygen atoms in total. The number of carbonyl (C=O) groups is 1. The van der Waals surface area contributed by atoms with E-state index in [0.717, 1.165) is 22.3 Å². The largest absolute Gasteiger partial charge is 0.489 e. The lowest BCUT2D eigenvalue weighted by Gasteiger charge is -2.22. The number of nitrogens with zero attached hydrogens (tertiary/aromatic N) is 3. The van der Waals surface area contributed by atoms with Crippen molar-refractivity contribution in [1.29, 1.82) is 0 Å². The normalized spacial score (nSPS) is 14.8. The summed E-state index contributed by atoms with van der Waals surface area (Å²) in [5.74, 6) is 0.255. The summed E-state index contributed by atoms with van der Waals surface area (Å²) < 4.78 is 12.2. The van der Waals surface area contributed by atoms with E-state index in [-0.39, 0.29) is 11.2 Å². The molecule has 37 heavy (non-hydrogen) atoms. The zero-order chi connectivity index (χ0) is 25.7. The Labute approximate surface area is 217 Å². The van der Waals surface area contributed by atoms with E-state index in [1.807, 2.05) is 87.5 Å². The van der Waals surface area contributed by atoms with Gasteiger partial charge in [-0.05, 0) is 67.3 Å². The molecule has 5 aromatic rings. The van der Waals surface area contributed by atoms with Crippen LogP contribution in [0.25, 0.3) is 11.0 Å². The third-order valence-corrected chi connectivity index (χ3v) is 7.47. The van der Waals surface area contributed by atoms with E-state index < -0.39 is 11.9 Å². The van der Waals surface area contributed by atoms with Crippen LogP contribution in [0.3, 0.4) is 0 Å². The highest BCUT2D eigenvalue weighted by atomic mass is 32.1. The molecule has 0 N–H and O–H groups in total. The fourth-order valence-electron chi connectivity index (χ4n) is 4.64. The molecule has 1 aliphatic rings. The summed E-state index contributed by atoms with van der Waals surface area (Å²) in [5, 5.41) is 9.91. The molecule has 0 radical (unpaired) electrons. The van der Waals surface area contributed by atoms with Crippen LogP contribution < -0.4 is 15.1 Å². The van der Waals surface area contributed by atoms with Gasteiger partial charge in [-0.15, -0.1) is 10.2 Å². The molecular weight excluding hydrogens is 486 g/mol. The van der Waals surface area contributed by atoms with Gasteiger partial charge in [-0.2, -0.15) is 0 Å². The van der Waals surface area contributed by atoms with Gasteiger partial charge < -0.3 is 9.15 Å². The van der Waals surface area contributed by atoms with Crippen molar-refractivity contribution in [2.75, 3.05) is 4.90 Å². The Morgan fingerprint density at radius 2 is 1.73 bits per heavy atom. The summed E-state index contributed by atoms with van der Waals surface area (Å²) in [7, 11) is 0. The van der Waals surface area contributed by atoms with Crippen LogP contribution in [0.5, 0.6) is 5.75 Å². The van der Waals surface area contributed by atoms with Crippen molar-refractivity contribution in [3.63, 3.8) is 0 Å². The highest BCUT2D eigenvalue weighted by molar-refractivity contribution is 7.15. The molecule has 3 aromatic carbocycles. The van der Waals surface area contributed by atoms with E-state index in [1.54, 1.807) is 0 Å². The average Bonchev–Trinajstić information content (AvgIpc) is 3.45. The summed E-state index contributed by atoms with van der Waals surface area (Å²) in [6.07, 6.45) is 0. The Balaban J connectivity index is 1.50. The second-order valence-corrected chi connectivity index (χ2v) is 10.3. The molecule has 2 aromatic heterocycles. The van der Waals surface area contributed by atoms with Crippen LogP contribution in [0, 0.1) is 20.8 Å². The van der Waals surface area contributed by atoms with Gasteiger partial charge >= 0.3 is 0 Å². The van der Waals surface area contributed by atoms with E-state index in [0.29, 0.717) is 39.0 Å². The van der Waals surface area contributed by atoms with Gasteiger partial charge in [0.25, 0.3) is 5.91 Å². The number of carbonyl (C=O) groups excluding carboxylic acids is 1. The standard InChI is InChI=1S/C29H23N3O4S/c1-16-12-22-23(13-17(16)2)36-27-24(26(22)33)25(32(28(27)34)29-31-30-18(3)37-29)20-10-7-11-21(14-20)35-15-19-8-5-4-6-9-19/h4-14,25H,15H2,1-3H3. The van der Waals surface area contributed by atoms with Crippen molar-refractivity contribution >= 4 is 33.3 Å². The number of aromatic nitrogens is 2. The number of amides is 1. The van der Waals surface area contributed by atoms with Crippen LogP contribution in [-0.4, -0.2) is 16.1 Å². The van der Waals surface area contributed by atoms with Gasteiger partial charge in [-0.3, -0.25) is 14.5 Å². The van der Waals surface area contributed by atoms with Gasteiger partial charge in [0.1, 0.15) is 22.9 Å². The Hall–Kier alpha value is -4.30. The molecule has 1 aliphatic heterocycles. The molecule has 8 heteroatoms. The SMILES string of the molecule is Cc1nnc(N2C(=O)c3oc4cc(C)c(C)cc4c(=O)c3C2c2cccc(OCc3ccccc3)c2)s1. The molecule has 1 amide bonds. The lowest BCUT2D eigenvalue weighted by Crippen LogP contribution is -2.29. The number of ether oxygens (including phenoxy) is 1. The van der Waals surface area contributed by atoms with Crippen molar-refractivity contribution in [3.05, 3.63) is 116 Å². The second kappa shape index (κ2) is 8.97. The molecule has 0 saturated carbocycles. The Kier molecular flexibility index (Phi) is 5.61. The summed E-state index contributed by atoms with van der Waals surface area (Å²) in [6, 6.07) is 20.3. The first-order chi connectivity index (χ1) is 17.9. The predicted molar refractivity (Wildman–Crippen MR) is 142 cm³/mol. The Bertz CT molecular complexity index is 1730. The lowest BCUT2D eigenvalue weighted by atomic mass is 9.97. The van der Waals surface area contributed by atoms with E-state index in [4.69, 9.17) is 9.15 Å². The van der Waals surface area contributed by atoms with Gasteiger partial charge in [0.05, 0.1) is 17.0 Å². The fraction of sp³-hybridized carbons (Fsp3) is 0.172. The number of anilines is 1. The Morgan fingerprint density at radius 1 is 0.946 bits per heavy atom. The zero-order valence-corrected chi connectivity index (χ0v) is 21.3. The third kappa shape index (κ3) is 3.99. The van der Waals surface area contributed by atoms with E-state index >= 15 is 0 Å². The molecule has 1 unspecified atom stereocenters. The van der Waals surface area contributed by atoms with Crippen molar-refractivity contribution in [1.82, 2.24) is 10.2 Å². The minimum atomic E-state index is -0.725. The van der Waals surface area contributed by atoms with E-state index in [1.165, 1.54) is 16.2 Å². The minimum absolute atomic E-state index is 0.0363. The van der Waals surface area contributed by atoms with Crippen LogP contribution in [0.2, 0.25) is 0 Å². The van der Waals surface area contributed by atoms with Gasteiger partial charge in [-0.1, -0.05) is 53.8 Å². The quantitative estimate of drug-likeness (QED) is 0.293. The number of hydrogen-bond donors (Lipinski definition) is 0. The number of fused-ring (bicyclic) bond motifs is 2. The zero-order valence-electron chi connectivity index (χ0n) is 20.5. The maximum Gasteiger partial charge on any atom is 0.297 e. The second-order valence-electron chi connectivity index (χ2n) is 9.13. The topological polar surface area (TPSA) is 85.5 Å². The first-order valence-corrected chi connectivity index (χ1v) is 12.7. The maximum absolute atomic E-state index is 13.9. The number of aryl methyl sites for hydroxylation is 3. The third-order valence-electron chi connectivity index (χ3n) is 6.63. The highest BCUT2D eigenvalue weighted by Gasteiger charge is 2.45. The van der Waals surface area contributed by atoms with Crippen LogP contribution in [0.4, 0.5) is 5.13 Å². The lowest BCUT2D eigenvalue weighted by molar-refractivity contribution is 0.0970. The van der Waals surface area contributed by atoms with Crippen LogP contribution >= 0.6 is 11.3 Å². The van der Waals surface area contributed by atoms with Crippen LogP contribution in [0.15, 0.2) is 75.9 Å². The predicted octanol–water partition coefficient (Wildman–Crippen LogP) is 5.90. The van der Waals surface area contributed by atoms with Crippen molar-refractivity contribution in [3.8, 4) is 5.75 Å². The van der Waals surface area contributed by atoms with Crippen LogP contribution in [-0.2, 0) is 6.61 Å². The fourth-order valence-corrected chi connectivity index (χ4v) is 5.35. The van der Waals surface area contributed by atoms with E-state index in [9.17, 15) is 9.59 Å². The Morgan fingerprint density at radius 3 is 2.49 bits per heavy atom. The maximum atomic E-state index is 13.9. The van der Waals surface area contributed by atoms with Gasteiger partial charge in [-0.25, -0.2) is 0 Å².